The Bertz CT molecular complexity index is 669. The molecule has 0 aliphatic rings. The van der Waals surface area contributed by atoms with Gasteiger partial charge < -0.3 is 10.1 Å². The smallest absolute Gasteiger partial charge is 0.251 e. The number of carbonyl (C=O) groups excluding carboxylic acids is 1. The highest BCUT2D eigenvalue weighted by atomic mass is 16.5. The number of nitrogens with one attached hydrogen (secondary N) is 1. The van der Waals surface area contributed by atoms with Gasteiger partial charge in [-0.25, -0.2) is 0 Å². The van der Waals surface area contributed by atoms with Crippen LogP contribution < -0.4 is 5.32 Å². The summed E-state index contributed by atoms with van der Waals surface area (Å²) < 4.78 is 5.15. The highest BCUT2D eigenvalue weighted by Gasteiger charge is 2.18. The minimum Gasteiger partial charge on any atom is -0.380 e. The summed E-state index contributed by atoms with van der Waals surface area (Å²) in [4.78, 5) is 15.0. The Kier molecular flexibility index (Phi) is 8.32. The van der Waals surface area contributed by atoms with Crippen molar-refractivity contribution in [1.82, 2.24) is 10.2 Å². The van der Waals surface area contributed by atoms with Gasteiger partial charge in [-0.3, -0.25) is 9.69 Å². The van der Waals surface area contributed by atoms with Crippen LogP contribution in [0.2, 0.25) is 0 Å². The summed E-state index contributed by atoms with van der Waals surface area (Å²) in [5.74, 6) is -0.0341. The van der Waals surface area contributed by atoms with E-state index in [0.717, 1.165) is 25.1 Å². The first-order valence-corrected chi connectivity index (χ1v) is 9.32. The number of amides is 1. The number of carbonyl (C=O) groups is 1. The summed E-state index contributed by atoms with van der Waals surface area (Å²) in [6.45, 7) is 7.40. The maximum absolute atomic E-state index is 12.6. The Balaban J connectivity index is 2.03. The van der Waals surface area contributed by atoms with E-state index in [2.05, 4.69) is 48.3 Å². The maximum Gasteiger partial charge on any atom is 0.251 e. The normalized spacial score (nSPS) is 12.2. The third kappa shape index (κ3) is 5.97. The van der Waals surface area contributed by atoms with Gasteiger partial charge in [0.15, 0.2) is 0 Å². The van der Waals surface area contributed by atoms with Crippen LogP contribution in [0.25, 0.3) is 0 Å². The van der Waals surface area contributed by atoms with E-state index in [-0.39, 0.29) is 11.9 Å². The van der Waals surface area contributed by atoms with Crippen LogP contribution in [-0.4, -0.2) is 43.6 Å². The zero-order valence-electron chi connectivity index (χ0n) is 16.1. The van der Waals surface area contributed by atoms with Crippen LogP contribution in [0.3, 0.4) is 0 Å². The fraction of sp³-hybridized carbons (Fsp3) is 0.409. The molecule has 1 amide bonds. The van der Waals surface area contributed by atoms with Crippen LogP contribution in [0.15, 0.2) is 54.6 Å². The van der Waals surface area contributed by atoms with Gasteiger partial charge in [-0.1, -0.05) is 56.3 Å². The molecular weight excluding hydrogens is 324 g/mol. The molecule has 2 aromatic rings. The number of benzene rings is 2. The first-order valence-electron chi connectivity index (χ1n) is 9.32. The average Bonchev–Trinajstić information content (AvgIpc) is 2.68. The van der Waals surface area contributed by atoms with E-state index in [0.29, 0.717) is 18.7 Å². The molecule has 140 valence electrons. The van der Waals surface area contributed by atoms with Crippen LogP contribution in [-0.2, 0) is 17.8 Å². The van der Waals surface area contributed by atoms with E-state index in [1.165, 1.54) is 5.56 Å². The second kappa shape index (κ2) is 10.7. The van der Waals surface area contributed by atoms with Crippen LogP contribution in [0, 0.1) is 0 Å². The van der Waals surface area contributed by atoms with E-state index < -0.39 is 0 Å². The summed E-state index contributed by atoms with van der Waals surface area (Å²) in [6.07, 6.45) is 0.923. The SMILES string of the molecule is CCN(CC)C(CNC(=O)c1cccc(COC)c1)Cc1ccccc1. The number of hydrogen-bond acceptors (Lipinski definition) is 3. The van der Waals surface area contributed by atoms with Crippen molar-refractivity contribution in [2.75, 3.05) is 26.7 Å². The molecule has 4 heteroatoms. The quantitative estimate of drug-likeness (QED) is 0.710. The number of rotatable bonds is 10. The molecule has 1 unspecified atom stereocenters. The monoisotopic (exact) mass is 354 g/mol. The second-order valence-electron chi connectivity index (χ2n) is 6.41. The second-order valence-corrected chi connectivity index (χ2v) is 6.41. The minimum atomic E-state index is -0.0341. The summed E-state index contributed by atoms with van der Waals surface area (Å²) in [6, 6.07) is 18.3. The molecule has 0 aromatic heterocycles. The zero-order chi connectivity index (χ0) is 18.8. The van der Waals surface area contributed by atoms with Gasteiger partial charge in [0.05, 0.1) is 6.61 Å². The van der Waals surface area contributed by atoms with Crippen molar-refractivity contribution < 1.29 is 9.53 Å². The Morgan fingerprint density at radius 2 is 1.73 bits per heavy atom. The van der Waals surface area contributed by atoms with Crippen molar-refractivity contribution in [3.63, 3.8) is 0 Å². The van der Waals surface area contributed by atoms with Crippen molar-refractivity contribution in [2.24, 2.45) is 0 Å². The molecule has 0 heterocycles. The fourth-order valence-electron chi connectivity index (χ4n) is 3.24. The van der Waals surface area contributed by atoms with Gasteiger partial charge in [-0.2, -0.15) is 0 Å². The first-order chi connectivity index (χ1) is 12.7. The third-order valence-corrected chi connectivity index (χ3v) is 4.64. The van der Waals surface area contributed by atoms with Gasteiger partial charge in [-0.05, 0) is 42.8 Å². The molecule has 1 atom stereocenters. The van der Waals surface area contributed by atoms with Crippen molar-refractivity contribution in [2.45, 2.75) is 32.9 Å². The van der Waals surface area contributed by atoms with E-state index >= 15 is 0 Å². The van der Waals surface area contributed by atoms with Gasteiger partial charge in [0.25, 0.3) is 5.91 Å². The molecule has 0 saturated heterocycles. The Morgan fingerprint density at radius 1 is 1.04 bits per heavy atom. The number of ether oxygens (including phenoxy) is 1. The number of hydrogen-bond donors (Lipinski definition) is 1. The molecule has 0 bridgehead atoms. The first kappa shape index (κ1) is 20.1. The predicted octanol–water partition coefficient (Wildman–Crippen LogP) is 3.52. The van der Waals surface area contributed by atoms with Crippen LogP contribution >= 0.6 is 0 Å². The van der Waals surface area contributed by atoms with E-state index in [1.54, 1.807) is 7.11 Å². The molecule has 0 saturated carbocycles. The molecular formula is C22H30N2O2. The van der Waals surface area contributed by atoms with E-state index in [1.807, 2.05) is 30.3 Å². The third-order valence-electron chi connectivity index (χ3n) is 4.64. The summed E-state index contributed by atoms with van der Waals surface area (Å²) in [5.41, 5.74) is 2.98. The Labute approximate surface area is 157 Å². The molecule has 0 aliphatic carbocycles. The largest absolute Gasteiger partial charge is 0.380 e. The maximum atomic E-state index is 12.6. The molecule has 2 aromatic carbocycles. The van der Waals surface area contributed by atoms with Crippen LogP contribution in [0.5, 0.6) is 0 Å². The Hall–Kier alpha value is -2.17. The van der Waals surface area contributed by atoms with Gasteiger partial charge in [0, 0.05) is 25.3 Å². The lowest BCUT2D eigenvalue weighted by Gasteiger charge is -2.30. The standard InChI is InChI=1S/C22H30N2O2/c1-4-24(5-2)21(15-18-10-7-6-8-11-18)16-23-22(25)20-13-9-12-19(14-20)17-26-3/h6-14,21H,4-5,15-17H2,1-3H3,(H,23,25). The summed E-state index contributed by atoms with van der Waals surface area (Å²) in [7, 11) is 1.66. The topological polar surface area (TPSA) is 41.6 Å². The summed E-state index contributed by atoms with van der Waals surface area (Å²) in [5, 5.41) is 3.12. The summed E-state index contributed by atoms with van der Waals surface area (Å²) >= 11 is 0. The highest BCUT2D eigenvalue weighted by molar-refractivity contribution is 5.94. The molecule has 0 spiro atoms. The molecule has 26 heavy (non-hydrogen) atoms. The van der Waals surface area contributed by atoms with Crippen LogP contribution in [0.4, 0.5) is 0 Å². The Morgan fingerprint density at radius 3 is 2.38 bits per heavy atom. The molecule has 0 fully saturated rings. The average molecular weight is 354 g/mol. The number of likely N-dealkylation sites (N-methyl/N-ethyl adjacent to an activating group) is 1. The molecule has 0 aliphatic heterocycles. The van der Waals surface area contributed by atoms with Crippen molar-refractivity contribution in [1.29, 1.82) is 0 Å². The van der Waals surface area contributed by atoms with Crippen molar-refractivity contribution >= 4 is 5.91 Å². The molecule has 0 radical (unpaired) electrons. The highest BCUT2D eigenvalue weighted by Crippen LogP contribution is 2.10. The van der Waals surface area contributed by atoms with Crippen molar-refractivity contribution in [3.8, 4) is 0 Å². The lowest BCUT2D eigenvalue weighted by Crippen LogP contribution is -2.45. The minimum absolute atomic E-state index is 0.0341. The van der Waals surface area contributed by atoms with Gasteiger partial charge in [0.1, 0.15) is 0 Å². The van der Waals surface area contributed by atoms with E-state index in [4.69, 9.17) is 4.74 Å². The zero-order valence-corrected chi connectivity index (χ0v) is 16.1. The fourth-order valence-corrected chi connectivity index (χ4v) is 3.24. The van der Waals surface area contributed by atoms with Crippen molar-refractivity contribution in [3.05, 3.63) is 71.3 Å². The van der Waals surface area contributed by atoms with E-state index in [9.17, 15) is 4.79 Å². The van der Waals surface area contributed by atoms with Gasteiger partial charge >= 0.3 is 0 Å². The number of nitrogens with zero attached hydrogens (tertiary/aromatic N) is 1. The number of methoxy groups -OCH3 is 1. The predicted molar refractivity (Wildman–Crippen MR) is 106 cm³/mol. The van der Waals surface area contributed by atoms with Crippen LogP contribution in [0.1, 0.15) is 35.3 Å². The molecule has 2 rings (SSSR count). The molecule has 4 nitrogen and oxygen atoms in total. The van der Waals surface area contributed by atoms with Gasteiger partial charge in [0.2, 0.25) is 0 Å². The lowest BCUT2D eigenvalue weighted by atomic mass is 10.0. The molecule has 1 N–H and O–H groups in total. The van der Waals surface area contributed by atoms with Gasteiger partial charge in [-0.15, -0.1) is 0 Å². The lowest BCUT2D eigenvalue weighted by molar-refractivity contribution is 0.0934.